The number of para-hydroxylation sites is 1. The van der Waals surface area contributed by atoms with Gasteiger partial charge in [0.15, 0.2) is 11.6 Å². The van der Waals surface area contributed by atoms with Crippen LogP contribution in [0.1, 0.15) is 44.3 Å². The van der Waals surface area contributed by atoms with Crippen molar-refractivity contribution in [3.05, 3.63) is 48.0 Å². The second-order valence-corrected chi connectivity index (χ2v) is 18.0. The van der Waals surface area contributed by atoms with Gasteiger partial charge in [-0.25, -0.2) is 32.7 Å². The van der Waals surface area contributed by atoms with Crippen LogP contribution in [0, 0.1) is 6.92 Å². The van der Waals surface area contributed by atoms with Crippen LogP contribution in [0.2, 0.25) is 0 Å². The minimum absolute atomic E-state index is 0.135. The molecule has 0 aliphatic carbocycles. The predicted octanol–water partition coefficient (Wildman–Crippen LogP) is 3.35. The summed E-state index contributed by atoms with van der Waals surface area (Å²) in [4.78, 5) is 8.82. The fourth-order valence-corrected chi connectivity index (χ4v) is 6.87. The van der Waals surface area contributed by atoms with Crippen molar-refractivity contribution in [3.8, 4) is 17.1 Å². The molecule has 0 spiro atoms. The number of hydrogen-bond donors (Lipinski definition) is 1. The van der Waals surface area contributed by atoms with Crippen LogP contribution >= 0.6 is 10.0 Å². The number of aliphatic hydroxyl groups excluding tert-OH is 1. The average molecular weight is 593 g/mol. The number of anilines is 1. The van der Waals surface area contributed by atoms with Crippen LogP contribution in [-0.4, -0.2) is 93.9 Å². The van der Waals surface area contributed by atoms with E-state index in [1.807, 2.05) is 45.0 Å². The summed E-state index contributed by atoms with van der Waals surface area (Å²) in [7, 11) is -5.19. The van der Waals surface area contributed by atoms with Gasteiger partial charge >= 0.3 is 0 Å². The first-order valence-corrected chi connectivity index (χ1v) is 17.8. The van der Waals surface area contributed by atoms with Crippen molar-refractivity contribution in [3.63, 3.8) is 0 Å². The van der Waals surface area contributed by atoms with Gasteiger partial charge in [0.25, 0.3) is 0 Å². The molecule has 1 aliphatic heterocycles. The van der Waals surface area contributed by atoms with Crippen LogP contribution in [0.3, 0.4) is 0 Å². The molecule has 3 aromatic rings. The summed E-state index contributed by atoms with van der Waals surface area (Å²) >= 11 is 0. The highest BCUT2D eigenvalue weighted by Crippen LogP contribution is 2.40. The summed E-state index contributed by atoms with van der Waals surface area (Å²) in [6.07, 6.45) is 8.53. The second kappa shape index (κ2) is 12.0. The molecule has 3 heterocycles. The highest BCUT2D eigenvalue weighted by atomic mass is 32.3. The highest BCUT2D eigenvalue weighted by Gasteiger charge is 2.41. The van der Waals surface area contributed by atoms with E-state index in [0.717, 1.165) is 5.56 Å². The van der Waals surface area contributed by atoms with Crippen molar-refractivity contribution in [2.24, 2.45) is 0 Å². The Morgan fingerprint density at radius 2 is 1.80 bits per heavy atom. The smallest absolute Gasteiger partial charge is 0.243 e. The molecule has 1 aromatic carbocycles. The van der Waals surface area contributed by atoms with Gasteiger partial charge in [-0.05, 0) is 69.9 Å². The summed E-state index contributed by atoms with van der Waals surface area (Å²) in [6, 6.07) is 6.79. The fraction of sp³-hybridized carbons (Fsp3) is 0.556. The molecule has 0 radical (unpaired) electrons. The molecule has 40 heavy (non-hydrogen) atoms. The predicted molar refractivity (Wildman–Crippen MR) is 159 cm³/mol. The molecule has 0 bridgehead atoms. The maximum atomic E-state index is 14.5. The zero-order valence-corrected chi connectivity index (χ0v) is 25.8. The third kappa shape index (κ3) is 6.42. The van der Waals surface area contributed by atoms with Gasteiger partial charge < -0.3 is 14.6 Å². The largest absolute Gasteiger partial charge is 0.491 e. The van der Waals surface area contributed by atoms with Crippen molar-refractivity contribution in [1.82, 2.24) is 24.7 Å². The van der Waals surface area contributed by atoms with Gasteiger partial charge in [0.1, 0.15) is 23.7 Å². The molecule has 11 nitrogen and oxygen atoms in total. The molecule has 0 saturated carbocycles. The van der Waals surface area contributed by atoms with Crippen molar-refractivity contribution >= 4 is 26.0 Å². The van der Waals surface area contributed by atoms with E-state index in [1.165, 1.54) is 4.31 Å². The van der Waals surface area contributed by atoms with Crippen molar-refractivity contribution in [2.45, 2.75) is 51.2 Å². The number of benzene rings is 1. The maximum absolute atomic E-state index is 14.5. The molecule has 0 unspecified atom stereocenters. The molecule has 2 aromatic heterocycles. The number of rotatable bonds is 11. The number of nitrogens with zero attached hydrogens (tertiary/aromatic N) is 6. The van der Waals surface area contributed by atoms with E-state index in [2.05, 4.69) is 38.9 Å². The Kier molecular flexibility index (Phi) is 9.08. The number of hydrogen-bond acceptors (Lipinski definition) is 9. The number of sulfonamides is 1. The lowest BCUT2D eigenvalue weighted by Crippen LogP contribution is -2.45. The summed E-state index contributed by atoms with van der Waals surface area (Å²) < 4.78 is 44.2. The molecule has 4 rings (SSSR count). The Labute approximate surface area is 238 Å². The van der Waals surface area contributed by atoms with Crippen LogP contribution in [0.25, 0.3) is 11.4 Å². The number of aliphatic hydroxyl groups is 1. The van der Waals surface area contributed by atoms with Gasteiger partial charge in [-0.15, -0.1) is 10.2 Å². The molecule has 13 heteroatoms. The SMILES string of the molecule is Cc1cnc([C@H](OC(C)C)[C@H](C)S(=O)(=O)N(CCS(C)(C)C)c2nnc3n2[C@@H](CO)COc2ccccc2-3)nc1. The van der Waals surface area contributed by atoms with E-state index in [0.29, 0.717) is 28.7 Å². The first-order valence-electron chi connectivity index (χ1n) is 13.2. The molecular weight excluding hydrogens is 552 g/mol. The van der Waals surface area contributed by atoms with Crippen LogP contribution in [-0.2, 0) is 14.8 Å². The topological polar surface area (TPSA) is 133 Å². The Hall–Kier alpha value is -2.74. The molecule has 1 aliphatic rings. The lowest BCUT2D eigenvalue weighted by Gasteiger charge is -2.34. The average Bonchev–Trinajstić information content (AvgIpc) is 3.24. The van der Waals surface area contributed by atoms with Gasteiger partial charge in [-0.2, -0.15) is 0 Å². The first-order chi connectivity index (χ1) is 18.8. The molecule has 0 saturated heterocycles. The Morgan fingerprint density at radius 3 is 2.42 bits per heavy atom. The first kappa shape index (κ1) is 30.2. The Morgan fingerprint density at radius 1 is 1.12 bits per heavy atom. The van der Waals surface area contributed by atoms with Crippen molar-refractivity contribution in [1.29, 1.82) is 0 Å². The standard InChI is InChI=1S/C27H40N6O5S2/c1-18(2)38-24(25-28-14-19(3)15-29-25)20(4)40(35,36)32(12-13-39(5,6)7)27-31-30-26-22-10-8-9-11-23(22)37-17-21(16-34)33(26)27/h8-11,14-15,18,20-21,24,34H,12-13,16-17H2,1-7H3/t20-,21-,24+/m0/s1. The lowest BCUT2D eigenvalue weighted by molar-refractivity contribution is 0.00139. The van der Waals surface area contributed by atoms with Crippen molar-refractivity contribution < 1.29 is 23.0 Å². The van der Waals surface area contributed by atoms with Gasteiger partial charge in [0, 0.05) is 18.9 Å². The van der Waals surface area contributed by atoms with E-state index in [4.69, 9.17) is 9.47 Å². The Bertz CT molecular complexity index is 1410. The second-order valence-electron chi connectivity index (χ2n) is 11.2. The van der Waals surface area contributed by atoms with Crippen molar-refractivity contribution in [2.75, 3.05) is 48.6 Å². The van der Waals surface area contributed by atoms with Gasteiger partial charge in [-0.3, -0.25) is 4.57 Å². The zero-order valence-electron chi connectivity index (χ0n) is 24.2. The zero-order chi connectivity index (χ0) is 29.2. The number of fused-ring (bicyclic) bond motifs is 3. The fourth-order valence-electron chi connectivity index (χ4n) is 4.42. The van der Waals surface area contributed by atoms with E-state index >= 15 is 0 Å². The quantitative estimate of drug-likeness (QED) is 0.356. The van der Waals surface area contributed by atoms with Gasteiger partial charge in [0.05, 0.1) is 24.3 Å². The monoisotopic (exact) mass is 592 g/mol. The third-order valence-electron chi connectivity index (χ3n) is 6.62. The molecule has 3 atom stereocenters. The molecule has 0 amide bonds. The number of ether oxygens (including phenoxy) is 2. The molecule has 1 N–H and O–H groups in total. The van der Waals surface area contributed by atoms with Crippen LogP contribution in [0.15, 0.2) is 36.7 Å². The molecule has 0 fully saturated rings. The highest BCUT2D eigenvalue weighted by molar-refractivity contribution is 8.32. The molecule has 220 valence electrons. The van der Waals surface area contributed by atoms with Crippen LogP contribution in [0.4, 0.5) is 5.95 Å². The maximum Gasteiger partial charge on any atom is 0.243 e. The van der Waals surface area contributed by atoms with Gasteiger partial charge in [-0.1, -0.05) is 12.1 Å². The van der Waals surface area contributed by atoms with Crippen LogP contribution < -0.4 is 9.04 Å². The van der Waals surface area contributed by atoms with Gasteiger partial charge in [0.2, 0.25) is 16.0 Å². The number of aryl methyl sites for hydroxylation is 1. The lowest BCUT2D eigenvalue weighted by atomic mass is 10.2. The minimum atomic E-state index is -4.11. The summed E-state index contributed by atoms with van der Waals surface area (Å²) in [5.41, 5.74) is 1.54. The summed E-state index contributed by atoms with van der Waals surface area (Å²) in [5.74, 6) is 2.11. The Balaban J connectivity index is 1.85. The summed E-state index contributed by atoms with van der Waals surface area (Å²) in [6.45, 7) is 7.23. The van der Waals surface area contributed by atoms with E-state index in [-0.39, 0.29) is 31.8 Å². The summed E-state index contributed by atoms with van der Waals surface area (Å²) in [5, 5.41) is 18.1. The van der Waals surface area contributed by atoms with E-state index in [9.17, 15) is 13.5 Å². The molecular formula is C27H40N6O5S2. The van der Waals surface area contributed by atoms with Crippen LogP contribution in [0.5, 0.6) is 5.75 Å². The normalized spacial score (nSPS) is 17.4. The minimum Gasteiger partial charge on any atom is -0.491 e. The number of aromatic nitrogens is 5. The third-order valence-corrected chi connectivity index (χ3v) is 10.2. The van der Waals surface area contributed by atoms with E-state index < -0.39 is 37.4 Å². The van der Waals surface area contributed by atoms with E-state index in [1.54, 1.807) is 23.9 Å².